The topological polar surface area (TPSA) is 82.1 Å². The van der Waals surface area contributed by atoms with Crippen LogP contribution in [0, 0.1) is 13.8 Å². The molecule has 174 valence electrons. The van der Waals surface area contributed by atoms with E-state index >= 15 is 0 Å². The Balaban J connectivity index is 1.45. The van der Waals surface area contributed by atoms with Crippen LogP contribution in [-0.4, -0.2) is 20.4 Å². The van der Waals surface area contributed by atoms with Gasteiger partial charge in [-0.2, -0.15) is 0 Å². The third-order valence-electron chi connectivity index (χ3n) is 7.17. The SMILES string of the molecule is Cc1c(C(=O)Nc2c(C)n(C)n(C3CCCCC3)c2=O)noc1-c1ccc(Cl)cc1C1CC1. The molecule has 0 saturated heterocycles. The maximum Gasteiger partial charge on any atom is 0.291 e. The highest BCUT2D eigenvalue weighted by atomic mass is 35.5. The fraction of sp³-hybridized carbons (Fsp3) is 0.480. The van der Waals surface area contributed by atoms with Crippen LogP contribution in [0.4, 0.5) is 5.69 Å². The Morgan fingerprint density at radius 2 is 1.88 bits per heavy atom. The third-order valence-corrected chi connectivity index (χ3v) is 7.40. The zero-order valence-electron chi connectivity index (χ0n) is 19.3. The molecule has 2 aliphatic rings. The standard InChI is InChI=1S/C25H29ClN4O3/c1-14-21(28-33-23(14)19-12-11-17(26)13-20(19)16-9-10-16)24(31)27-22-15(2)29(3)30(25(22)32)18-7-5-4-6-8-18/h11-13,16,18H,4-10H2,1-3H3,(H,27,31). The van der Waals surface area contributed by atoms with Crippen molar-refractivity contribution < 1.29 is 9.32 Å². The van der Waals surface area contributed by atoms with Crippen molar-refractivity contribution >= 4 is 23.2 Å². The first kappa shape index (κ1) is 22.0. The van der Waals surface area contributed by atoms with E-state index < -0.39 is 5.91 Å². The Labute approximate surface area is 197 Å². The van der Waals surface area contributed by atoms with Crippen molar-refractivity contribution in [2.45, 2.75) is 70.8 Å². The molecule has 2 saturated carbocycles. The van der Waals surface area contributed by atoms with Crippen molar-refractivity contribution in [2.24, 2.45) is 7.05 Å². The van der Waals surface area contributed by atoms with Gasteiger partial charge in [0, 0.05) is 23.2 Å². The van der Waals surface area contributed by atoms with Gasteiger partial charge >= 0.3 is 0 Å². The molecule has 0 atom stereocenters. The lowest BCUT2D eigenvalue weighted by Crippen LogP contribution is -2.29. The second-order valence-electron chi connectivity index (χ2n) is 9.37. The number of benzene rings is 1. The van der Waals surface area contributed by atoms with Crippen LogP contribution < -0.4 is 10.9 Å². The summed E-state index contributed by atoms with van der Waals surface area (Å²) in [4.78, 5) is 26.4. The van der Waals surface area contributed by atoms with E-state index in [4.69, 9.17) is 16.1 Å². The van der Waals surface area contributed by atoms with E-state index in [9.17, 15) is 9.59 Å². The molecule has 2 heterocycles. The summed E-state index contributed by atoms with van der Waals surface area (Å²) < 4.78 is 9.30. The summed E-state index contributed by atoms with van der Waals surface area (Å²) in [6.45, 7) is 3.68. The fourth-order valence-electron chi connectivity index (χ4n) is 5.05. The predicted octanol–water partition coefficient (Wildman–Crippen LogP) is 5.75. The number of nitrogens with one attached hydrogen (secondary N) is 1. The Kier molecular flexibility index (Phi) is 5.69. The molecule has 1 aromatic carbocycles. The van der Waals surface area contributed by atoms with Crippen LogP contribution in [0.5, 0.6) is 0 Å². The summed E-state index contributed by atoms with van der Waals surface area (Å²) in [7, 11) is 1.88. The molecule has 0 spiro atoms. The first-order valence-electron chi connectivity index (χ1n) is 11.7. The second-order valence-corrected chi connectivity index (χ2v) is 9.81. The number of aromatic nitrogens is 3. The number of halogens is 1. The van der Waals surface area contributed by atoms with E-state index in [1.165, 1.54) is 6.42 Å². The molecule has 3 aromatic rings. The van der Waals surface area contributed by atoms with Crippen LogP contribution in [0.25, 0.3) is 11.3 Å². The van der Waals surface area contributed by atoms with Crippen LogP contribution in [0.1, 0.15) is 84.2 Å². The minimum atomic E-state index is -0.439. The lowest BCUT2D eigenvalue weighted by Gasteiger charge is -2.24. The highest BCUT2D eigenvalue weighted by Crippen LogP contribution is 2.46. The van der Waals surface area contributed by atoms with E-state index in [2.05, 4.69) is 10.5 Å². The van der Waals surface area contributed by atoms with Gasteiger partial charge in [0.1, 0.15) is 5.69 Å². The second kappa shape index (κ2) is 8.52. The van der Waals surface area contributed by atoms with E-state index in [1.54, 1.807) is 4.68 Å². The Hall–Kier alpha value is -2.80. The molecule has 2 aromatic heterocycles. The molecular weight excluding hydrogens is 440 g/mol. The van der Waals surface area contributed by atoms with Gasteiger partial charge in [0.2, 0.25) is 0 Å². The molecule has 1 N–H and O–H groups in total. The molecular formula is C25H29ClN4O3. The van der Waals surface area contributed by atoms with Gasteiger partial charge < -0.3 is 9.84 Å². The van der Waals surface area contributed by atoms with Gasteiger partial charge in [0.25, 0.3) is 11.5 Å². The van der Waals surface area contributed by atoms with Crippen molar-refractivity contribution in [1.29, 1.82) is 0 Å². The van der Waals surface area contributed by atoms with E-state index in [0.29, 0.717) is 28.0 Å². The molecule has 33 heavy (non-hydrogen) atoms. The molecule has 2 fully saturated rings. The highest BCUT2D eigenvalue weighted by molar-refractivity contribution is 6.30. The molecule has 0 radical (unpaired) electrons. The Morgan fingerprint density at radius 1 is 1.15 bits per heavy atom. The first-order chi connectivity index (χ1) is 15.9. The minimum absolute atomic E-state index is 0.162. The minimum Gasteiger partial charge on any atom is -0.355 e. The van der Waals surface area contributed by atoms with Crippen molar-refractivity contribution in [1.82, 2.24) is 14.5 Å². The van der Waals surface area contributed by atoms with Crippen LogP contribution >= 0.6 is 11.6 Å². The number of nitrogens with zero attached hydrogens (tertiary/aromatic N) is 3. The van der Waals surface area contributed by atoms with Crippen LogP contribution in [0.15, 0.2) is 27.5 Å². The average molecular weight is 469 g/mol. The quantitative estimate of drug-likeness (QED) is 0.517. The third kappa shape index (κ3) is 3.92. The summed E-state index contributed by atoms with van der Waals surface area (Å²) in [6.07, 6.45) is 7.67. The van der Waals surface area contributed by atoms with E-state index in [0.717, 1.165) is 55.3 Å². The number of carbonyl (C=O) groups is 1. The predicted molar refractivity (Wildman–Crippen MR) is 128 cm³/mol. The smallest absolute Gasteiger partial charge is 0.291 e. The maximum atomic E-state index is 13.2. The van der Waals surface area contributed by atoms with Crippen molar-refractivity contribution in [3.05, 3.63) is 56.1 Å². The van der Waals surface area contributed by atoms with Gasteiger partial charge in [-0.05, 0) is 69.2 Å². The van der Waals surface area contributed by atoms with Gasteiger partial charge in [0.05, 0.1) is 11.7 Å². The molecule has 5 rings (SSSR count). The zero-order valence-corrected chi connectivity index (χ0v) is 20.0. The first-order valence-corrected chi connectivity index (χ1v) is 12.1. The number of amides is 1. The van der Waals surface area contributed by atoms with Crippen LogP contribution in [0.2, 0.25) is 5.02 Å². The number of hydrogen-bond donors (Lipinski definition) is 1. The van der Waals surface area contributed by atoms with Crippen molar-refractivity contribution in [3.63, 3.8) is 0 Å². The number of anilines is 1. The normalized spacial score (nSPS) is 16.8. The highest BCUT2D eigenvalue weighted by Gasteiger charge is 2.30. The molecule has 8 heteroatoms. The number of rotatable bonds is 5. The van der Waals surface area contributed by atoms with Gasteiger partial charge in [-0.25, -0.2) is 4.68 Å². The van der Waals surface area contributed by atoms with Gasteiger partial charge in [-0.1, -0.05) is 36.0 Å². The Morgan fingerprint density at radius 3 is 2.58 bits per heavy atom. The summed E-state index contributed by atoms with van der Waals surface area (Å²) in [5.41, 5.74) is 3.76. The molecule has 2 aliphatic carbocycles. The lowest BCUT2D eigenvalue weighted by molar-refractivity contribution is 0.101. The van der Waals surface area contributed by atoms with Crippen molar-refractivity contribution in [3.8, 4) is 11.3 Å². The maximum absolute atomic E-state index is 13.2. The van der Waals surface area contributed by atoms with Crippen LogP contribution in [0.3, 0.4) is 0 Å². The summed E-state index contributed by atoms with van der Waals surface area (Å²) in [5, 5.41) is 7.58. The largest absolute Gasteiger partial charge is 0.355 e. The van der Waals surface area contributed by atoms with Crippen molar-refractivity contribution in [2.75, 3.05) is 5.32 Å². The zero-order chi connectivity index (χ0) is 23.3. The van der Waals surface area contributed by atoms with E-state index in [-0.39, 0.29) is 17.3 Å². The van der Waals surface area contributed by atoms with Gasteiger partial charge in [0.15, 0.2) is 11.5 Å². The molecule has 0 bridgehead atoms. The average Bonchev–Trinajstić information content (AvgIpc) is 3.55. The molecule has 7 nitrogen and oxygen atoms in total. The molecule has 0 unspecified atom stereocenters. The summed E-state index contributed by atoms with van der Waals surface area (Å²) in [5.74, 6) is 0.597. The summed E-state index contributed by atoms with van der Waals surface area (Å²) in [6, 6.07) is 5.89. The monoisotopic (exact) mass is 468 g/mol. The fourth-order valence-corrected chi connectivity index (χ4v) is 5.23. The van der Waals surface area contributed by atoms with Gasteiger partial charge in [-0.15, -0.1) is 0 Å². The lowest BCUT2D eigenvalue weighted by atomic mass is 9.96. The number of carbonyl (C=O) groups excluding carboxylic acids is 1. The van der Waals surface area contributed by atoms with Gasteiger partial charge in [-0.3, -0.25) is 14.3 Å². The molecule has 1 amide bonds. The Bertz CT molecular complexity index is 1280. The van der Waals surface area contributed by atoms with E-state index in [1.807, 2.05) is 43.8 Å². The molecule has 0 aliphatic heterocycles. The number of hydrogen-bond acceptors (Lipinski definition) is 4. The summed E-state index contributed by atoms with van der Waals surface area (Å²) >= 11 is 6.22. The van der Waals surface area contributed by atoms with Crippen LogP contribution in [-0.2, 0) is 7.05 Å².